The normalized spacial score (nSPS) is 16.2. The maximum atomic E-state index is 10.0. The Balaban J connectivity index is 1.62. The molecule has 1 aliphatic carbocycles. The number of nitriles is 1. The van der Waals surface area contributed by atoms with E-state index in [2.05, 4.69) is 82.1 Å². The zero-order valence-electron chi connectivity index (χ0n) is 20.6. The Bertz CT molecular complexity index is 1440. The number of aromatic amines is 1. The summed E-state index contributed by atoms with van der Waals surface area (Å²) in [5, 5.41) is 12.0. The summed E-state index contributed by atoms with van der Waals surface area (Å²) in [5.74, 6) is 0.645. The van der Waals surface area contributed by atoms with Crippen LogP contribution in [-0.4, -0.2) is 11.2 Å². The van der Waals surface area contributed by atoms with Gasteiger partial charge in [-0.3, -0.25) is 0 Å². The van der Waals surface area contributed by atoms with Crippen molar-refractivity contribution in [2.45, 2.75) is 53.9 Å². The van der Waals surface area contributed by atoms with Crippen LogP contribution in [0, 0.1) is 36.5 Å². The van der Waals surface area contributed by atoms with Crippen molar-refractivity contribution in [2.24, 2.45) is 16.3 Å². The van der Waals surface area contributed by atoms with Crippen molar-refractivity contribution in [3.63, 3.8) is 0 Å². The third-order valence-corrected chi connectivity index (χ3v) is 8.41. The lowest BCUT2D eigenvalue weighted by molar-refractivity contribution is 0.218. The Hall–Kier alpha value is -3.16. The summed E-state index contributed by atoms with van der Waals surface area (Å²) in [6.07, 6.45) is 5.14. The van der Waals surface area contributed by atoms with Crippen molar-refractivity contribution < 1.29 is 0 Å². The zero-order chi connectivity index (χ0) is 24.0. The molecule has 5 rings (SSSR count). The maximum absolute atomic E-state index is 10.0. The second-order valence-corrected chi connectivity index (χ2v) is 11.7. The summed E-state index contributed by atoms with van der Waals surface area (Å²) < 4.78 is 0. The molecule has 1 N–H and O–H groups in total. The van der Waals surface area contributed by atoms with E-state index in [0.29, 0.717) is 5.92 Å². The van der Waals surface area contributed by atoms with E-state index >= 15 is 0 Å². The Morgan fingerprint density at radius 1 is 1.15 bits per heavy atom. The van der Waals surface area contributed by atoms with Gasteiger partial charge >= 0.3 is 0 Å². The van der Waals surface area contributed by atoms with E-state index < -0.39 is 0 Å². The summed E-state index contributed by atoms with van der Waals surface area (Å²) in [6, 6.07) is 17.3. The van der Waals surface area contributed by atoms with Crippen LogP contribution in [0.2, 0.25) is 0 Å². The summed E-state index contributed by atoms with van der Waals surface area (Å²) in [7, 11) is 0. The van der Waals surface area contributed by atoms with Crippen LogP contribution in [0.3, 0.4) is 0 Å². The van der Waals surface area contributed by atoms with E-state index in [1.165, 1.54) is 27.0 Å². The van der Waals surface area contributed by atoms with Gasteiger partial charge in [0.05, 0.1) is 11.3 Å². The fraction of sp³-hybridized carbons (Fsp3) is 0.333. The molecule has 0 radical (unpaired) electrons. The number of hydrogen-bond acceptors (Lipinski definition) is 3. The van der Waals surface area contributed by atoms with Gasteiger partial charge in [-0.25, -0.2) is 4.99 Å². The quantitative estimate of drug-likeness (QED) is 0.304. The standard InChI is InChI=1S/C30H31N3S/c1-18-13-19(2)27-23(14-18)25(28(33-27)20-9-7-6-8-10-20)17-32-29-24(16-31)22-12-11-21(30(3,4)5)15-26(22)34-29/h6-10,13-14,17,21,33H,11-12,15H2,1-5H3/t21-/m0/s1. The minimum absolute atomic E-state index is 0.280. The van der Waals surface area contributed by atoms with E-state index in [1.54, 1.807) is 11.3 Å². The highest BCUT2D eigenvalue weighted by Gasteiger charge is 2.32. The molecule has 172 valence electrons. The number of rotatable bonds is 3. The molecule has 0 unspecified atom stereocenters. The number of fused-ring (bicyclic) bond motifs is 2. The monoisotopic (exact) mass is 465 g/mol. The fourth-order valence-electron chi connectivity index (χ4n) is 5.28. The van der Waals surface area contributed by atoms with Gasteiger partial charge in [0.2, 0.25) is 0 Å². The zero-order valence-corrected chi connectivity index (χ0v) is 21.4. The number of aromatic nitrogens is 1. The van der Waals surface area contributed by atoms with Crippen LogP contribution in [-0.2, 0) is 12.8 Å². The van der Waals surface area contributed by atoms with E-state index in [-0.39, 0.29) is 5.41 Å². The molecule has 4 heteroatoms. The maximum Gasteiger partial charge on any atom is 0.134 e. The highest BCUT2D eigenvalue weighted by Crippen LogP contribution is 2.45. The van der Waals surface area contributed by atoms with Gasteiger partial charge in [0.1, 0.15) is 11.1 Å². The number of benzene rings is 2. The topological polar surface area (TPSA) is 51.9 Å². The number of hydrogen-bond donors (Lipinski definition) is 1. The Kier molecular flexibility index (Phi) is 5.70. The Morgan fingerprint density at radius 2 is 1.91 bits per heavy atom. The molecule has 2 aromatic heterocycles. The van der Waals surface area contributed by atoms with Gasteiger partial charge in [-0.05, 0) is 67.2 Å². The molecule has 0 bridgehead atoms. The predicted octanol–water partition coefficient (Wildman–Crippen LogP) is 8.29. The molecule has 0 amide bonds. The molecule has 1 aliphatic rings. The average Bonchev–Trinajstić information content (AvgIpc) is 3.35. The van der Waals surface area contributed by atoms with Crippen molar-refractivity contribution in [3.8, 4) is 17.3 Å². The van der Waals surface area contributed by atoms with Gasteiger partial charge in [0.15, 0.2) is 0 Å². The van der Waals surface area contributed by atoms with Crippen molar-refractivity contribution in [3.05, 3.63) is 75.2 Å². The van der Waals surface area contributed by atoms with Crippen molar-refractivity contribution in [2.75, 3.05) is 0 Å². The van der Waals surface area contributed by atoms with Crippen molar-refractivity contribution in [1.29, 1.82) is 5.26 Å². The molecular formula is C30H31N3S. The van der Waals surface area contributed by atoms with Gasteiger partial charge in [-0.1, -0.05) is 62.7 Å². The highest BCUT2D eigenvalue weighted by atomic mass is 32.1. The molecule has 0 aliphatic heterocycles. The number of aryl methyl sites for hydroxylation is 2. The first-order chi connectivity index (χ1) is 16.3. The van der Waals surface area contributed by atoms with E-state index in [9.17, 15) is 5.26 Å². The lowest BCUT2D eigenvalue weighted by Gasteiger charge is -2.33. The van der Waals surface area contributed by atoms with Crippen LogP contribution in [0.1, 0.15) is 59.9 Å². The SMILES string of the molecule is Cc1cc(C)c2[nH]c(-c3ccccc3)c(C=Nc3sc4c(c3C#N)CC[C@H](C(C)(C)C)C4)c2c1. The molecule has 1 atom stereocenters. The second-order valence-electron chi connectivity index (χ2n) is 10.6. The lowest BCUT2D eigenvalue weighted by atomic mass is 9.72. The van der Waals surface area contributed by atoms with Crippen LogP contribution in [0.25, 0.3) is 22.2 Å². The van der Waals surface area contributed by atoms with Crippen LogP contribution in [0.15, 0.2) is 47.5 Å². The van der Waals surface area contributed by atoms with Crippen molar-refractivity contribution >= 4 is 33.5 Å². The highest BCUT2D eigenvalue weighted by molar-refractivity contribution is 7.16. The predicted molar refractivity (Wildman–Crippen MR) is 144 cm³/mol. The second kappa shape index (κ2) is 8.56. The molecule has 3 nitrogen and oxygen atoms in total. The number of H-pyrrole nitrogens is 1. The number of nitrogens with zero attached hydrogens (tertiary/aromatic N) is 2. The molecule has 2 heterocycles. The average molecular weight is 466 g/mol. The van der Waals surface area contributed by atoms with Crippen LogP contribution >= 0.6 is 11.3 Å². The smallest absolute Gasteiger partial charge is 0.134 e. The molecule has 0 saturated carbocycles. The van der Waals surface area contributed by atoms with E-state index in [0.717, 1.165) is 52.2 Å². The molecule has 0 fully saturated rings. The van der Waals surface area contributed by atoms with E-state index in [1.807, 2.05) is 12.3 Å². The fourth-order valence-corrected chi connectivity index (χ4v) is 6.50. The van der Waals surface area contributed by atoms with Crippen LogP contribution in [0.4, 0.5) is 5.00 Å². The molecule has 0 saturated heterocycles. The van der Waals surface area contributed by atoms with Gasteiger partial charge in [0.25, 0.3) is 0 Å². The summed E-state index contributed by atoms with van der Waals surface area (Å²) in [5.41, 5.74) is 9.17. The van der Waals surface area contributed by atoms with Crippen molar-refractivity contribution in [1.82, 2.24) is 4.98 Å². The van der Waals surface area contributed by atoms with Gasteiger partial charge < -0.3 is 4.98 Å². The molecular weight excluding hydrogens is 434 g/mol. The molecule has 2 aromatic carbocycles. The van der Waals surface area contributed by atoms with Crippen LogP contribution in [0.5, 0.6) is 0 Å². The minimum Gasteiger partial charge on any atom is -0.354 e. The molecule has 0 spiro atoms. The minimum atomic E-state index is 0.280. The Labute approximate surface area is 206 Å². The van der Waals surface area contributed by atoms with Gasteiger partial charge in [-0.2, -0.15) is 5.26 Å². The third-order valence-electron chi connectivity index (χ3n) is 7.25. The first-order valence-corrected chi connectivity index (χ1v) is 12.8. The van der Waals surface area contributed by atoms with Gasteiger partial charge in [0, 0.05) is 27.6 Å². The summed E-state index contributed by atoms with van der Waals surface area (Å²) >= 11 is 1.71. The first-order valence-electron chi connectivity index (χ1n) is 12.0. The first kappa shape index (κ1) is 22.6. The number of nitrogens with one attached hydrogen (secondary N) is 1. The molecule has 4 aromatic rings. The van der Waals surface area contributed by atoms with E-state index in [4.69, 9.17) is 4.99 Å². The number of aliphatic imine (C=N–C) groups is 1. The van der Waals surface area contributed by atoms with Gasteiger partial charge in [-0.15, -0.1) is 11.3 Å². The van der Waals surface area contributed by atoms with Crippen LogP contribution < -0.4 is 0 Å². The summed E-state index contributed by atoms with van der Waals surface area (Å²) in [6.45, 7) is 11.3. The third kappa shape index (κ3) is 3.99. The number of thiophene rings is 1. The molecule has 34 heavy (non-hydrogen) atoms. The Morgan fingerprint density at radius 3 is 2.62 bits per heavy atom. The summed E-state index contributed by atoms with van der Waals surface area (Å²) in [4.78, 5) is 9.97. The lowest BCUT2D eigenvalue weighted by Crippen LogP contribution is -2.26. The largest absolute Gasteiger partial charge is 0.354 e.